The fourth-order valence-electron chi connectivity index (χ4n) is 1.95. The summed E-state index contributed by atoms with van der Waals surface area (Å²) in [6, 6.07) is 5.23. The number of hydrogen-bond acceptors (Lipinski definition) is 3. The van der Waals surface area contributed by atoms with Gasteiger partial charge in [-0.15, -0.1) is 0 Å². The van der Waals surface area contributed by atoms with Gasteiger partial charge in [-0.2, -0.15) is 0 Å². The third kappa shape index (κ3) is 3.96. The quantitative estimate of drug-likeness (QED) is 0.800. The van der Waals surface area contributed by atoms with Gasteiger partial charge < -0.3 is 15.2 Å². The Hall–Kier alpha value is -1.07. The lowest BCUT2D eigenvalue weighted by atomic mass is 9.83. The maximum absolute atomic E-state index is 12.2. The first-order chi connectivity index (χ1) is 9.51. The standard InChI is InChI=1S/C15H22BrNO3/c1-4-15(5-2,10-18)9-17-14(19)12-7-6-11(20-3)8-13(12)16/h6-8,18H,4-5,9-10H2,1-3H3,(H,17,19). The number of carbonyl (C=O) groups excluding carboxylic acids is 1. The number of aliphatic hydroxyl groups is 1. The van der Waals surface area contributed by atoms with Gasteiger partial charge in [0.2, 0.25) is 0 Å². The maximum atomic E-state index is 12.2. The third-order valence-electron chi connectivity index (χ3n) is 3.88. The van der Waals surface area contributed by atoms with E-state index in [-0.39, 0.29) is 17.9 Å². The summed E-state index contributed by atoms with van der Waals surface area (Å²) in [5, 5.41) is 12.4. The van der Waals surface area contributed by atoms with Gasteiger partial charge in [-0.25, -0.2) is 0 Å². The van der Waals surface area contributed by atoms with Crippen LogP contribution in [-0.2, 0) is 0 Å². The van der Waals surface area contributed by atoms with Crippen LogP contribution in [0.2, 0.25) is 0 Å². The summed E-state index contributed by atoms with van der Waals surface area (Å²) in [6.07, 6.45) is 1.65. The molecule has 1 rings (SSSR count). The topological polar surface area (TPSA) is 58.6 Å². The smallest absolute Gasteiger partial charge is 0.252 e. The van der Waals surface area contributed by atoms with Crippen LogP contribution in [0.4, 0.5) is 0 Å². The largest absolute Gasteiger partial charge is 0.497 e. The van der Waals surface area contributed by atoms with Crippen molar-refractivity contribution in [3.8, 4) is 5.75 Å². The molecule has 5 heteroatoms. The molecule has 0 aliphatic rings. The Kier molecular flexibility index (Phi) is 6.49. The van der Waals surface area contributed by atoms with E-state index in [4.69, 9.17) is 4.74 Å². The Bertz CT molecular complexity index is 450. The van der Waals surface area contributed by atoms with Crippen LogP contribution in [0.5, 0.6) is 5.75 Å². The van der Waals surface area contributed by atoms with E-state index in [0.29, 0.717) is 22.3 Å². The minimum atomic E-state index is -0.241. The molecule has 0 bridgehead atoms. The molecule has 0 radical (unpaired) electrons. The fraction of sp³-hybridized carbons (Fsp3) is 0.533. The minimum absolute atomic E-state index is 0.0735. The predicted molar refractivity (Wildman–Crippen MR) is 83.1 cm³/mol. The number of benzene rings is 1. The Morgan fingerprint density at radius 3 is 2.50 bits per heavy atom. The van der Waals surface area contributed by atoms with Gasteiger partial charge in [0.15, 0.2) is 0 Å². The summed E-state index contributed by atoms with van der Waals surface area (Å²) in [6.45, 7) is 4.59. The lowest BCUT2D eigenvalue weighted by Crippen LogP contribution is -2.39. The van der Waals surface area contributed by atoms with Gasteiger partial charge in [0.05, 0.1) is 19.3 Å². The van der Waals surface area contributed by atoms with E-state index in [1.165, 1.54) is 0 Å². The number of aliphatic hydroxyl groups excluding tert-OH is 1. The zero-order chi connectivity index (χ0) is 15.2. The molecule has 0 aromatic heterocycles. The molecule has 112 valence electrons. The number of halogens is 1. The molecule has 1 aromatic rings. The molecule has 1 aromatic carbocycles. The van der Waals surface area contributed by atoms with Crippen LogP contribution in [0, 0.1) is 5.41 Å². The zero-order valence-electron chi connectivity index (χ0n) is 12.2. The molecular formula is C15H22BrNO3. The average Bonchev–Trinajstić information content (AvgIpc) is 2.48. The summed E-state index contributed by atoms with van der Waals surface area (Å²) >= 11 is 3.37. The van der Waals surface area contributed by atoms with E-state index in [1.807, 2.05) is 13.8 Å². The maximum Gasteiger partial charge on any atom is 0.252 e. The number of ether oxygens (including phenoxy) is 1. The monoisotopic (exact) mass is 343 g/mol. The highest BCUT2D eigenvalue weighted by molar-refractivity contribution is 9.10. The molecule has 0 aliphatic heterocycles. The third-order valence-corrected chi connectivity index (χ3v) is 4.54. The molecule has 20 heavy (non-hydrogen) atoms. The first kappa shape index (κ1) is 17.0. The Labute approximate surface area is 128 Å². The molecule has 0 saturated heterocycles. The molecule has 1 amide bonds. The highest BCUT2D eigenvalue weighted by Crippen LogP contribution is 2.26. The summed E-state index contributed by atoms with van der Waals surface area (Å²) in [4.78, 5) is 12.2. The Morgan fingerprint density at radius 2 is 2.05 bits per heavy atom. The molecule has 0 saturated carbocycles. The van der Waals surface area contributed by atoms with Gasteiger partial charge in [-0.1, -0.05) is 13.8 Å². The summed E-state index contributed by atoms with van der Waals surface area (Å²) in [5.74, 6) is 0.541. The van der Waals surface area contributed by atoms with Crippen LogP contribution in [0.1, 0.15) is 37.0 Å². The predicted octanol–water partition coefficient (Wildman–Crippen LogP) is 2.99. The average molecular weight is 344 g/mol. The van der Waals surface area contributed by atoms with Crippen molar-refractivity contribution in [2.75, 3.05) is 20.3 Å². The Morgan fingerprint density at radius 1 is 1.40 bits per heavy atom. The molecule has 0 unspecified atom stereocenters. The number of methoxy groups -OCH3 is 1. The molecule has 4 nitrogen and oxygen atoms in total. The van der Waals surface area contributed by atoms with Crippen molar-refractivity contribution in [1.29, 1.82) is 0 Å². The fourth-order valence-corrected chi connectivity index (χ4v) is 2.49. The molecule has 2 N–H and O–H groups in total. The van der Waals surface area contributed by atoms with Crippen molar-refractivity contribution in [3.63, 3.8) is 0 Å². The molecular weight excluding hydrogens is 322 g/mol. The molecule has 0 spiro atoms. The summed E-state index contributed by atoms with van der Waals surface area (Å²) in [5.41, 5.74) is 0.319. The van der Waals surface area contributed by atoms with E-state index in [1.54, 1.807) is 25.3 Å². The summed E-state index contributed by atoms with van der Waals surface area (Å²) < 4.78 is 5.79. The van der Waals surface area contributed by atoms with Gasteiger partial charge in [-0.3, -0.25) is 4.79 Å². The van der Waals surface area contributed by atoms with E-state index < -0.39 is 0 Å². The van der Waals surface area contributed by atoms with Crippen molar-refractivity contribution >= 4 is 21.8 Å². The van der Waals surface area contributed by atoms with Crippen LogP contribution in [0.15, 0.2) is 22.7 Å². The number of hydrogen-bond donors (Lipinski definition) is 2. The van der Waals surface area contributed by atoms with E-state index in [9.17, 15) is 9.90 Å². The van der Waals surface area contributed by atoms with Crippen LogP contribution in [0.3, 0.4) is 0 Å². The second kappa shape index (κ2) is 7.64. The van der Waals surface area contributed by atoms with Gasteiger partial charge in [0.25, 0.3) is 5.91 Å². The number of amides is 1. The first-order valence-electron chi connectivity index (χ1n) is 6.74. The first-order valence-corrected chi connectivity index (χ1v) is 7.53. The number of rotatable bonds is 7. The molecule has 0 atom stereocenters. The second-order valence-corrected chi connectivity index (χ2v) is 5.75. The van der Waals surface area contributed by atoms with Crippen molar-refractivity contribution in [2.24, 2.45) is 5.41 Å². The van der Waals surface area contributed by atoms with Crippen molar-refractivity contribution < 1.29 is 14.6 Å². The van der Waals surface area contributed by atoms with Crippen LogP contribution in [0.25, 0.3) is 0 Å². The van der Waals surface area contributed by atoms with E-state index in [0.717, 1.165) is 12.8 Å². The number of nitrogens with one attached hydrogen (secondary N) is 1. The van der Waals surface area contributed by atoms with Gasteiger partial charge in [-0.05, 0) is 47.0 Å². The Balaban J connectivity index is 2.77. The highest BCUT2D eigenvalue weighted by Gasteiger charge is 2.26. The van der Waals surface area contributed by atoms with E-state index in [2.05, 4.69) is 21.2 Å². The molecule has 0 aliphatic carbocycles. The lowest BCUT2D eigenvalue weighted by Gasteiger charge is -2.29. The molecule has 0 fully saturated rings. The van der Waals surface area contributed by atoms with E-state index >= 15 is 0 Å². The zero-order valence-corrected chi connectivity index (χ0v) is 13.8. The van der Waals surface area contributed by atoms with Gasteiger partial charge in [0.1, 0.15) is 5.75 Å². The minimum Gasteiger partial charge on any atom is -0.497 e. The highest BCUT2D eigenvalue weighted by atomic mass is 79.9. The van der Waals surface area contributed by atoms with Crippen molar-refractivity contribution in [3.05, 3.63) is 28.2 Å². The number of carbonyl (C=O) groups is 1. The van der Waals surface area contributed by atoms with Crippen LogP contribution >= 0.6 is 15.9 Å². The van der Waals surface area contributed by atoms with Crippen molar-refractivity contribution in [2.45, 2.75) is 26.7 Å². The molecule has 0 heterocycles. The summed E-state index contributed by atoms with van der Waals surface area (Å²) in [7, 11) is 1.58. The van der Waals surface area contributed by atoms with Crippen LogP contribution in [-0.4, -0.2) is 31.3 Å². The van der Waals surface area contributed by atoms with Crippen LogP contribution < -0.4 is 10.1 Å². The van der Waals surface area contributed by atoms with Crippen molar-refractivity contribution in [1.82, 2.24) is 5.32 Å². The van der Waals surface area contributed by atoms with Gasteiger partial charge >= 0.3 is 0 Å². The lowest BCUT2D eigenvalue weighted by molar-refractivity contribution is 0.0850. The SMILES string of the molecule is CCC(CC)(CO)CNC(=O)c1ccc(OC)cc1Br. The second-order valence-electron chi connectivity index (χ2n) is 4.89. The normalized spacial score (nSPS) is 11.2. The van der Waals surface area contributed by atoms with Gasteiger partial charge in [0, 0.05) is 16.4 Å².